The van der Waals surface area contributed by atoms with E-state index >= 15 is 0 Å². The summed E-state index contributed by atoms with van der Waals surface area (Å²) in [6.07, 6.45) is -0.106. The summed E-state index contributed by atoms with van der Waals surface area (Å²) in [5.74, 6) is 0.735. The second kappa shape index (κ2) is 7.92. The lowest BCUT2D eigenvalue weighted by Gasteiger charge is -2.23. The number of nitrogens with zero attached hydrogens (tertiary/aromatic N) is 3. The summed E-state index contributed by atoms with van der Waals surface area (Å²) in [6, 6.07) is 8.48. The van der Waals surface area contributed by atoms with Crippen molar-refractivity contribution in [1.82, 2.24) is 9.66 Å². The molecule has 0 spiro atoms. The zero-order valence-corrected chi connectivity index (χ0v) is 17.6. The van der Waals surface area contributed by atoms with Crippen molar-refractivity contribution in [2.75, 3.05) is 10.8 Å². The number of aryl methyl sites for hydroxylation is 1. The maximum Gasteiger partial charge on any atom is 0.431 e. The molecule has 140 valence electrons. The normalized spacial score (nSPS) is 11.0. The Balaban J connectivity index is 2.29. The third-order valence-corrected chi connectivity index (χ3v) is 5.57. The number of amides is 1. The van der Waals surface area contributed by atoms with E-state index in [0.29, 0.717) is 31.0 Å². The monoisotopic (exact) mass is 467 g/mol. The molecule has 0 atom stereocenters. The Morgan fingerprint density at radius 1 is 1.37 bits per heavy atom. The fraction of sp³-hybridized carbons (Fsp3) is 0.167. The van der Waals surface area contributed by atoms with Gasteiger partial charge in [0.25, 0.3) is 5.56 Å². The van der Waals surface area contributed by atoms with Gasteiger partial charge < -0.3 is 5.11 Å². The first-order valence-corrected chi connectivity index (χ1v) is 10.1. The van der Waals surface area contributed by atoms with Crippen LogP contribution in [-0.2, 0) is 0 Å². The van der Waals surface area contributed by atoms with E-state index in [1.54, 1.807) is 18.2 Å². The second-order valence-electron chi connectivity index (χ2n) is 5.68. The number of hydrogen-bond acceptors (Lipinski definition) is 4. The van der Waals surface area contributed by atoms with Gasteiger partial charge in [0.1, 0.15) is 6.33 Å². The summed E-state index contributed by atoms with van der Waals surface area (Å²) in [6.45, 7) is 3.81. The number of carboxylic acid groups (broad SMARTS) is 1. The van der Waals surface area contributed by atoms with Crippen molar-refractivity contribution in [1.29, 1.82) is 0 Å². The number of rotatable bonds is 4. The smallest absolute Gasteiger partial charge is 0.431 e. The Morgan fingerprint density at radius 3 is 2.78 bits per heavy atom. The molecule has 0 aliphatic rings. The van der Waals surface area contributed by atoms with Gasteiger partial charge in [-0.1, -0.05) is 18.5 Å². The van der Waals surface area contributed by atoms with Crippen LogP contribution in [0.25, 0.3) is 10.9 Å². The Bertz CT molecular complexity index is 1100. The lowest BCUT2D eigenvalue weighted by atomic mass is 10.2. The molecule has 2 aromatic carbocycles. The molecular weight excluding hydrogens is 454 g/mol. The minimum Gasteiger partial charge on any atom is -0.463 e. The lowest BCUT2D eigenvalue weighted by molar-refractivity contribution is 0.198. The molecule has 9 heteroatoms. The molecule has 0 aliphatic heterocycles. The summed E-state index contributed by atoms with van der Waals surface area (Å²) in [4.78, 5) is 30.1. The molecule has 0 saturated heterocycles. The number of fused-ring (bicyclic) bond motifs is 1. The van der Waals surface area contributed by atoms with Crippen LogP contribution in [0.2, 0.25) is 5.02 Å². The molecule has 0 unspecified atom stereocenters. The van der Waals surface area contributed by atoms with Crippen molar-refractivity contribution in [2.24, 2.45) is 0 Å². The number of anilines is 1. The number of aromatic nitrogens is 2. The highest BCUT2D eigenvalue weighted by Crippen LogP contribution is 2.33. The van der Waals surface area contributed by atoms with Crippen molar-refractivity contribution < 1.29 is 9.90 Å². The van der Waals surface area contributed by atoms with Crippen LogP contribution < -0.4 is 10.6 Å². The van der Waals surface area contributed by atoms with Gasteiger partial charge in [0.05, 0.1) is 16.6 Å². The van der Waals surface area contributed by atoms with E-state index in [9.17, 15) is 14.7 Å². The van der Waals surface area contributed by atoms with Crippen molar-refractivity contribution in [2.45, 2.75) is 18.7 Å². The quantitative estimate of drug-likeness (QED) is 0.534. The summed E-state index contributed by atoms with van der Waals surface area (Å²) in [5, 5.41) is 11.4. The summed E-state index contributed by atoms with van der Waals surface area (Å²) in [5.41, 5.74) is 1.15. The van der Waals surface area contributed by atoms with Gasteiger partial charge in [-0.05, 0) is 64.5 Å². The van der Waals surface area contributed by atoms with E-state index in [2.05, 4.69) is 20.9 Å². The van der Waals surface area contributed by atoms with Crippen molar-refractivity contribution in [3.63, 3.8) is 0 Å². The summed E-state index contributed by atoms with van der Waals surface area (Å²) in [7, 11) is 0. The Labute approximate surface area is 172 Å². The maximum absolute atomic E-state index is 13.1. The summed E-state index contributed by atoms with van der Waals surface area (Å²) < 4.78 is 1.66. The van der Waals surface area contributed by atoms with Gasteiger partial charge in [0, 0.05) is 14.4 Å². The van der Waals surface area contributed by atoms with Crippen molar-refractivity contribution >= 4 is 62.0 Å². The minimum atomic E-state index is -1.31. The molecule has 0 aliphatic carbocycles. The average Bonchev–Trinajstić information content (AvgIpc) is 2.59. The standard InChI is InChI=1S/C18H15BrClN3O3S/c1-3-27-15-5-4-11(20)8-14(15)23(18(25)26)22-9-21-16-12(17(22)24)6-10(2)7-13(16)19/h4-9H,3H2,1-2H3,(H,25,26). The molecule has 1 aromatic heterocycles. The molecule has 3 rings (SSSR count). The summed E-state index contributed by atoms with van der Waals surface area (Å²) >= 11 is 10.9. The van der Waals surface area contributed by atoms with E-state index in [1.807, 2.05) is 19.9 Å². The highest BCUT2D eigenvalue weighted by molar-refractivity contribution is 9.10. The van der Waals surface area contributed by atoms with Crippen LogP contribution in [0.1, 0.15) is 12.5 Å². The van der Waals surface area contributed by atoms with E-state index in [0.717, 1.165) is 21.0 Å². The number of benzene rings is 2. The first-order chi connectivity index (χ1) is 12.8. The van der Waals surface area contributed by atoms with Gasteiger partial charge in [0.15, 0.2) is 0 Å². The fourth-order valence-corrected chi connectivity index (χ4v) is 4.32. The molecule has 0 bridgehead atoms. The third kappa shape index (κ3) is 3.83. The maximum atomic E-state index is 13.1. The predicted octanol–water partition coefficient (Wildman–Crippen LogP) is 5.18. The Kier molecular flexibility index (Phi) is 5.78. The molecule has 27 heavy (non-hydrogen) atoms. The van der Waals surface area contributed by atoms with Crippen LogP contribution in [0.3, 0.4) is 0 Å². The first-order valence-electron chi connectivity index (χ1n) is 7.96. The predicted molar refractivity (Wildman–Crippen MR) is 112 cm³/mol. The van der Waals surface area contributed by atoms with Crippen molar-refractivity contribution in [3.05, 3.63) is 62.1 Å². The number of halogens is 2. The topological polar surface area (TPSA) is 75.4 Å². The molecule has 1 amide bonds. The van der Waals surface area contributed by atoms with Crippen LogP contribution in [0, 0.1) is 6.92 Å². The van der Waals surface area contributed by atoms with E-state index in [4.69, 9.17) is 11.6 Å². The highest BCUT2D eigenvalue weighted by atomic mass is 79.9. The van der Waals surface area contributed by atoms with Gasteiger partial charge in [-0.15, -0.1) is 11.8 Å². The molecule has 1 N–H and O–H groups in total. The van der Waals surface area contributed by atoms with Gasteiger partial charge in [0.2, 0.25) is 0 Å². The molecular formula is C18H15BrClN3O3S. The van der Waals surface area contributed by atoms with Crippen LogP contribution >= 0.6 is 39.3 Å². The number of carbonyl (C=O) groups is 1. The van der Waals surface area contributed by atoms with Gasteiger partial charge in [-0.2, -0.15) is 9.69 Å². The van der Waals surface area contributed by atoms with Crippen LogP contribution in [0.15, 0.2) is 50.8 Å². The van der Waals surface area contributed by atoms with E-state index in [-0.39, 0.29) is 0 Å². The molecule has 0 radical (unpaired) electrons. The SMILES string of the molecule is CCSc1ccc(Cl)cc1N(C(=O)O)n1cnc2c(Br)cc(C)cc2c1=O. The lowest BCUT2D eigenvalue weighted by Crippen LogP contribution is -2.42. The van der Waals surface area contributed by atoms with Crippen LogP contribution in [0.4, 0.5) is 10.5 Å². The first kappa shape index (κ1) is 19.7. The zero-order valence-electron chi connectivity index (χ0n) is 14.4. The van der Waals surface area contributed by atoms with Crippen LogP contribution in [0.5, 0.6) is 0 Å². The average molecular weight is 469 g/mol. The van der Waals surface area contributed by atoms with Gasteiger partial charge >= 0.3 is 6.09 Å². The number of thioether (sulfide) groups is 1. The molecule has 0 fully saturated rings. The highest BCUT2D eigenvalue weighted by Gasteiger charge is 2.23. The molecule has 0 saturated carbocycles. The molecule has 6 nitrogen and oxygen atoms in total. The molecule has 1 heterocycles. The van der Waals surface area contributed by atoms with E-state index in [1.165, 1.54) is 24.2 Å². The Morgan fingerprint density at radius 2 is 2.11 bits per heavy atom. The van der Waals surface area contributed by atoms with Gasteiger partial charge in [-0.25, -0.2) is 9.78 Å². The third-order valence-electron chi connectivity index (χ3n) is 3.79. The van der Waals surface area contributed by atoms with Gasteiger partial charge in [-0.3, -0.25) is 4.79 Å². The second-order valence-corrected chi connectivity index (χ2v) is 8.27. The largest absolute Gasteiger partial charge is 0.463 e. The van der Waals surface area contributed by atoms with Crippen molar-refractivity contribution in [3.8, 4) is 0 Å². The van der Waals surface area contributed by atoms with Crippen LogP contribution in [-0.4, -0.2) is 26.6 Å². The fourth-order valence-electron chi connectivity index (χ4n) is 2.70. The minimum absolute atomic E-state index is 0.303. The Hall–Kier alpha value is -2.03. The van der Waals surface area contributed by atoms with E-state index < -0.39 is 11.7 Å². The zero-order chi connectivity index (χ0) is 19.7. The molecule has 3 aromatic rings. The number of hydrogen-bond donors (Lipinski definition) is 1.